The van der Waals surface area contributed by atoms with Gasteiger partial charge in [0.2, 0.25) is 0 Å². The van der Waals surface area contributed by atoms with Gasteiger partial charge in [-0.25, -0.2) is 0 Å². The Balaban J connectivity index is 2.65. The van der Waals surface area contributed by atoms with Crippen LogP contribution < -0.4 is 0 Å². The van der Waals surface area contributed by atoms with E-state index in [1.807, 2.05) is 6.07 Å². The number of benzene rings is 1. The molecule has 0 saturated carbocycles. The molecule has 90 valence electrons. The lowest BCUT2D eigenvalue weighted by Crippen LogP contribution is -2.28. The molecule has 0 aliphatic carbocycles. The number of hydrogen-bond donors (Lipinski definition) is 0. The maximum atomic E-state index is 12.0. The first kappa shape index (κ1) is 13.2. The van der Waals surface area contributed by atoms with Gasteiger partial charge in [0.15, 0.2) is 0 Å². The van der Waals surface area contributed by atoms with Crippen molar-refractivity contribution in [2.45, 2.75) is 6.42 Å². The highest BCUT2D eigenvalue weighted by Crippen LogP contribution is 2.07. The van der Waals surface area contributed by atoms with Gasteiger partial charge in [-0.2, -0.15) is 5.26 Å². The van der Waals surface area contributed by atoms with Crippen LogP contribution in [-0.2, 0) is 4.74 Å². The molecule has 0 aliphatic rings. The third kappa shape index (κ3) is 3.89. The molecule has 0 heterocycles. The minimum atomic E-state index is -0.0711. The van der Waals surface area contributed by atoms with E-state index in [0.717, 1.165) is 6.42 Å². The van der Waals surface area contributed by atoms with Crippen LogP contribution in [0.4, 0.5) is 0 Å². The second-order valence-corrected chi connectivity index (χ2v) is 3.77. The number of nitriles is 1. The van der Waals surface area contributed by atoms with Crippen LogP contribution >= 0.6 is 0 Å². The summed E-state index contributed by atoms with van der Waals surface area (Å²) in [6, 6.07) is 8.75. The fourth-order valence-corrected chi connectivity index (χ4v) is 1.49. The number of carbonyl (C=O) groups excluding carboxylic acids is 1. The molecule has 1 amide bonds. The van der Waals surface area contributed by atoms with Crippen LogP contribution in [0.15, 0.2) is 24.3 Å². The average molecular weight is 232 g/mol. The molecular formula is C13H16N2O2. The maximum absolute atomic E-state index is 12.0. The van der Waals surface area contributed by atoms with Crippen molar-refractivity contribution in [2.24, 2.45) is 0 Å². The minimum Gasteiger partial charge on any atom is -0.385 e. The van der Waals surface area contributed by atoms with Crippen LogP contribution in [-0.4, -0.2) is 38.1 Å². The quantitative estimate of drug-likeness (QED) is 0.725. The largest absolute Gasteiger partial charge is 0.385 e. The molecule has 0 N–H and O–H groups in total. The molecular weight excluding hydrogens is 216 g/mol. The van der Waals surface area contributed by atoms with Crippen LogP contribution in [0.2, 0.25) is 0 Å². The summed E-state index contributed by atoms with van der Waals surface area (Å²) in [5.74, 6) is -0.0711. The van der Waals surface area contributed by atoms with Crippen molar-refractivity contribution in [3.63, 3.8) is 0 Å². The molecule has 0 aromatic heterocycles. The maximum Gasteiger partial charge on any atom is 0.253 e. The van der Waals surface area contributed by atoms with E-state index in [1.165, 1.54) is 0 Å². The Labute approximate surface area is 101 Å². The van der Waals surface area contributed by atoms with E-state index in [0.29, 0.717) is 24.3 Å². The highest BCUT2D eigenvalue weighted by Gasteiger charge is 2.11. The lowest BCUT2D eigenvalue weighted by Gasteiger charge is -2.16. The van der Waals surface area contributed by atoms with Crippen molar-refractivity contribution in [3.8, 4) is 6.07 Å². The van der Waals surface area contributed by atoms with E-state index in [2.05, 4.69) is 0 Å². The lowest BCUT2D eigenvalue weighted by atomic mass is 10.1. The van der Waals surface area contributed by atoms with Gasteiger partial charge in [-0.1, -0.05) is 6.07 Å². The standard InChI is InChI=1S/C13H16N2O2/c1-15(7-4-8-17-2)13(16)12-6-3-5-11(9-12)10-14/h3,5-6,9H,4,7-8H2,1-2H3. The van der Waals surface area contributed by atoms with Crippen LogP contribution in [0.5, 0.6) is 0 Å². The molecule has 0 radical (unpaired) electrons. The number of carbonyl (C=O) groups is 1. The van der Waals surface area contributed by atoms with Gasteiger partial charge in [0, 0.05) is 32.9 Å². The zero-order valence-electron chi connectivity index (χ0n) is 10.1. The fourth-order valence-electron chi connectivity index (χ4n) is 1.49. The number of methoxy groups -OCH3 is 1. The Morgan fingerprint density at radius 3 is 2.94 bits per heavy atom. The van der Waals surface area contributed by atoms with E-state index in [1.54, 1.807) is 43.3 Å². The van der Waals surface area contributed by atoms with Crippen molar-refractivity contribution in [1.29, 1.82) is 5.26 Å². The summed E-state index contributed by atoms with van der Waals surface area (Å²) in [6.07, 6.45) is 0.802. The molecule has 0 atom stereocenters. The first-order valence-electron chi connectivity index (χ1n) is 5.43. The average Bonchev–Trinajstić information content (AvgIpc) is 2.38. The summed E-state index contributed by atoms with van der Waals surface area (Å²) >= 11 is 0. The predicted octanol–water partition coefficient (Wildman–Crippen LogP) is 1.67. The summed E-state index contributed by atoms with van der Waals surface area (Å²) in [6.45, 7) is 1.28. The molecule has 0 unspecified atom stereocenters. The molecule has 1 aromatic rings. The summed E-state index contributed by atoms with van der Waals surface area (Å²) in [5.41, 5.74) is 1.05. The molecule has 0 saturated heterocycles. The van der Waals surface area contributed by atoms with E-state index in [4.69, 9.17) is 10.00 Å². The van der Waals surface area contributed by atoms with Gasteiger partial charge in [0.25, 0.3) is 5.91 Å². The Bertz CT molecular complexity index is 424. The Morgan fingerprint density at radius 2 is 2.29 bits per heavy atom. The second kappa shape index (κ2) is 6.66. The predicted molar refractivity (Wildman–Crippen MR) is 64.6 cm³/mol. The lowest BCUT2D eigenvalue weighted by molar-refractivity contribution is 0.0779. The van der Waals surface area contributed by atoms with Gasteiger partial charge in [-0.3, -0.25) is 4.79 Å². The normalized spacial score (nSPS) is 9.71. The number of ether oxygens (including phenoxy) is 1. The molecule has 0 bridgehead atoms. The van der Waals surface area contributed by atoms with Gasteiger partial charge in [0.1, 0.15) is 0 Å². The van der Waals surface area contributed by atoms with Crippen molar-refractivity contribution in [2.75, 3.05) is 27.3 Å². The van der Waals surface area contributed by atoms with Crippen LogP contribution in [0, 0.1) is 11.3 Å². The fraction of sp³-hybridized carbons (Fsp3) is 0.385. The van der Waals surface area contributed by atoms with Gasteiger partial charge in [-0.15, -0.1) is 0 Å². The van der Waals surface area contributed by atoms with Crippen LogP contribution in [0.1, 0.15) is 22.3 Å². The van der Waals surface area contributed by atoms with Gasteiger partial charge >= 0.3 is 0 Å². The molecule has 4 nitrogen and oxygen atoms in total. The topological polar surface area (TPSA) is 53.3 Å². The van der Waals surface area contributed by atoms with E-state index >= 15 is 0 Å². The molecule has 0 aliphatic heterocycles. The smallest absolute Gasteiger partial charge is 0.253 e. The Hall–Kier alpha value is -1.86. The molecule has 0 spiro atoms. The van der Waals surface area contributed by atoms with Crippen molar-refractivity contribution < 1.29 is 9.53 Å². The number of nitrogens with zero attached hydrogens (tertiary/aromatic N) is 2. The monoisotopic (exact) mass is 232 g/mol. The molecule has 17 heavy (non-hydrogen) atoms. The van der Waals surface area contributed by atoms with Gasteiger partial charge in [0.05, 0.1) is 11.6 Å². The van der Waals surface area contributed by atoms with Gasteiger partial charge < -0.3 is 9.64 Å². The first-order valence-corrected chi connectivity index (χ1v) is 5.43. The van der Waals surface area contributed by atoms with E-state index in [9.17, 15) is 4.79 Å². The molecule has 0 fully saturated rings. The van der Waals surface area contributed by atoms with Crippen LogP contribution in [0.25, 0.3) is 0 Å². The highest BCUT2D eigenvalue weighted by molar-refractivity contribution is 5.94. The SMILES string of the molecule is COCCCN(C)C(=O)c1cccc(C#N)c1. The van der Waals surface area contributed by atoms with Crippen molar-refractivity contribution in [3.05, 3.63) is 35.4 Å². The highest BCUT2D eigenvalue weighted by atomic mass is 16.5. The summed E-state index contributed by atoms with van der Waals surface area (Å²) < 4.78 is 4.93. The Morgan fingerprint density at radius 1 is 1.53 bits per heavy atom. The number of amides is 1. The second-order valence-electron chi connectivity index (χ2n) is 3.77. The summed E-state index contributed by atoms with van der Waals surface area (Å²) in [4.78, 5) is 13.6. The number of hydrogen-bond acceptors (Lipinski definition) is 3. The zero-order chi connectivity index (χ0) is 12.7. The zero-order valence-corrected chi connectivity index (χ0v) is 10.1. The van der Waals surface area contributed by atoms with Crippen LogP contribution in [0.3, 0.4) is 0 Å². The number of rotatable bonds is 5. The molecule has 1 rings (SSSR count). The molecule has 1 aromatic carbocycles. The summed E-state index contributed by atoms with van der Waals surface area (Å²) in [7, 11) is 3.38. The van der Waals surface area contributed by atoms with Gasteiger partial charge in [-0.05, 0) is 24.6 Å². The third-order valence-electron chi connectivity index (χ3n) is 2.43. The Kier molecular flexibility index (Phi) is 5.18. The minimum absolute atomic E-state index is 0.0711. The first-order chi connectivity index (χ1) is 8.19. The van der Waals surface area contributed by atoms with Crippen molar-refractivity contribution in [1.82, 2.24) is 4.90 Å². The third-order valence-corrected chi connectivity index (χ3v) is 2.43. The molecule has 4 heteroatoms. The van der Waals surface area contributed by atoms with E-state index in [-0.39, 0.29) is 5.91 Å². The van der Waals surface area contributed by atoms with Crippen molar-refractivity contribution >= 4 is 5.91 Å². The summed E-state index contributed by atoms with van der Waals surface area (Å²) in [5, 5.41) is 8.76. The van der Waals surface area contributed by atoms with E-state index < -0.39 is 0 Å².